The van der Waals surface area contributed by atoms with Gasteiger partial charge in [-0.05, 0) is 61.8 Å². The minimum atomic E-state index is -1.20. The minimum Gasteiger partial charge on any atom is -0.444 e. The Morgan fingerprint density at radius 2 is 1.62 bits per heavy atom. The summed E-state index contributed by atoms with van der Waals surface area (Å²) < 4.78 is 16.4. The van der Waals surface area contributed by atoms with Gasteiger partial charge in [0.05, 0.1) is 24.7 Å². The molecule has 2 aliphatic heterocycles. The van der Waals surface area contributed by atoms with E-state index in [4.69, 9.17) is 14.2 Å². The number of ether oxygens (including phenoxy) is 3. The van der Waals surface area contributed by atoms with Crippen LogP contribution in [0, 0.1) is 5.92 Å². The molecule has 1 N–H and O–H groups in total. The first-order chi connectivity index (χ1) is 13.0. The van der Waals surface area contributed by atoms with E-state index in [2.05, 4.69) is 0 Å². The zero-order chi connectivity index (χ0) is 22.4. The molecule has 3 atom stereocenters. The summed E-state index contributed by atoms with van der Waals surface area (Å²) in [5, 5.41) is 11.0. The zero-order valence-electron chi connectivity index (χ0n) is 18.6. The molecule has 3 amide bonds. The Kier molecular flexibility index (Phi) is 6.26. The van der Waals surface area contributed by atoms with E-state index >= 15 is 0 Å². The number of amides is 3. The van der Waals surface area contributed by atoms with E-state index < -0.39 is 53.1 Å². The highest BCUT2D eigenvalue weighted by Crippen LogP contribution is 2.35. The molecule has 0 aromatic rings. The maximum atomic E-state index is 12.8. The number of aliphatic hydroxyl groups is 1. The van der Waals surface area contributed by atoms with E-state index in [-0.39, 0.29) is 19.6 Å². The summed E-state index contributed by atoms with van der Waals surface area (Å²) in [6, 6.07) is -0.771. The van der Waals surface area contributed by atoms with Crippen LogP contribution >= 0.6 is 0 Å². The highest BCUT2D eigenvalue weighted by molar-refractivity contribution is 5.95. The number of carbonyl (C=O) groups is 3. The second kappa shape index (κ2) is 7.75. The molecular formula is C20H34N2O7. The van der Waals surface area contributed by atoms with Crippen molar-refractivity contribution in [3.8, 4) is 0 Å². The number of aliphatic hydroxyl groups excluding tert-OH is 1. The number of imide groups is 1. The average molecular weight is 414 g/mol. The summed E-state index contributed by atoms with van der Waals surface area (Å²) in [7, 11) is 0. The SMILES string of the molecule is CC(C)(C)OC(=O)N1CCC([C@H](O)[C@H]2COC(C)(C)N2C(=O)OC(C)(C)C)C1=O. The molecule has 2 heterocycles. The fourth-order valence-corrected chi connectivity index (χ4v) is 3.54. The van der Waals surface area contributed by atoms with Crippen LogP contribution in [0.15, 0.2) is 0 Å². The standard InChI is InChI=1S/C20H34N2O7/c1-18(2,3)28-16(25)21-10-9-12(15(21)24)14(23)13-11-27-20(7,8)22(13)17(26)29-19(4,5)6/h12-14,23H,9-11H2,1-8H3/t12?,13-,14+/m1/s1. The maximum absolute atomic E-state index is 12.8. The van der Waals surface area contributed by atoms with Gasteiger partial charge in [-0.3, -0.25) is 9.69 Å². The van der Waals surface area contributed by atoms with E-state index in [1.165, 1.54) is 4.90 Å². The lowest BCUT2D eigenvalue weighted by Crippen LogP contribution is -2.55. The lowest BCUT2D eigenvalue weighted by atomic mass is 9.94. The average Bonchev–Trinajstić information content (AvgIpc) is 3.02. The summed E-state index contributed by atoms with van der Waals surface area (Å²) in [6.07, 6.45) is -2.29. The van der Waals surface area contributed by atoms with Crippen LogP contribution in [0.25, 0.3) is 0 Å². The van der Waals surface area contributed by atoms with E-state index in [0.717, 1.165) is 4.90 Å². The van der Waals surface area contributed by atoms with Gasteiger partial charge in [-0.2, -0.15) is 0 Å². The topological polar surface area (TPSA) is 106 Å². The van der Waals surface area contributed by atoms with Crippen LogP contribution in [-0.4, -0.2) is 75.2 Å². The predicted molar refractivity (Wildman–Crippen MR) is 104 cm³/mol. The van der Waals surface area contributed by atoms with E-state index in [1.807, 2.05) is 0 Å². The maximum Gasteiger partial charge on any atom is 0.417 e. The summed E-state index contributed by atoms with van der Waals surface area (Å²) in [6.45, 7) is 14.0. The smallest absolute Gasteiger partial charge is 0.417 e. The van der Waals surface area contributed by atoms with Gasteiger partial charge in [0.15, 0.2) is 0 Å². The van der Waals surface area contributed by atoms with E-state index in [9.17, 15) is 19.5 Å². The van der Waals surface area contributed by atoms with Crippen molar-refractivity contribution in [2.75, 3.05) is 13.2 Å². The van der Waals surface area contributed by atoms with E-state index in [1.54, 1.807) is 55.4 Å². The number of likely N-dealkylation sites (tertiary alicyclic amines) is 1. The number of rotatable bonds is 2. The number of nitrogens with zero attached hydrogens (tertiary/aromatic N) is 2. The molecule has 2 rings (SSSR count). The molecular weight excluding hydrogens is 380 g/mol. The molecule has 2 fully saturated rings. The van der Waals surface area contributed by atoms with Crippen molar-refractivity contribution < 1.29 is 33.7 Å². The fraction of sp³-hybridized carbons (Fsp3) is 0.850. The Balaban J connectivity index is 2.16. The third-order valence-corrected chi connectivity index (χ3v) is 4.78. The van der Waals surface area contributed by atoms with Crippen molar-refractivity contribution in [1.29, 1.82) is 0 Å². The monoisotopic (exact) mass is 414 g/mol. The van der Waals surface area contributed by atoms with Gasteiger partial charge in [-0.15, -0.1) is 0 Å². The van der Waals surface area contributed by atoms with Crippen LogP contribution in [0.5, 0.6) is 0 Å². The normalized spacial score (nSPS) is 25.9. The van der Waals surface area contributed by atoms with Crippen molar-refractivity contribution in [3.05, 3.63) is 0 Å². The molecule has 1 unspecified atom stereocenters. The largest absolute Gasteiger partial charge is 0.444 e. The molecule has 9 nitrogen and oxygen atoms in total. The molecule has 29 heavy (non-hydrogen) atoms. The van der Waals surface area contributed by atoms with Crippen molar-refractivity contribution in [2.24, 2.45) is 5.92 Å². The van der Waals surface area contributed by atoms with Gasteiger partial charge in [-0.1, -0.05) is 0 Å². The van der Waals surface area contributed by atoms with Crippen LogP contribution in [0.2, 0.25) is 0 Å². The number of hydrogen-bond acceptors (Lipinski definition) is 7. The summed E-state index contributed by atoms with van der Waals surface area (Å²) in [5.74, 6) is -1.35. The first kappa shape index (κ1) is 23.4. The minimum absolute atomic E-state index is 0.0592. The zero-order valence-corrected chi connectivity index (χ0v) is 18.6. The summed E-state index contributed by atoms with van der Waals surface area (Å²) >= 11 is 0. The molecule has 0 saturated carbocycles. The molecule has 0 bridgehead atoms. The van der Waals surface area contributed by atoms with Gasteiger partial charge in [-0.25, -0.2) is 14.5 Å². The Morgan fingerprint density at radius 1 is 1.10 bits per heavy atom. The van der Waals surface area contributed by atoms with Gasteiger partial charge in [0.2, 0.25) is 5.91 Å². The van der Waals surface area contributed by atoms with Gasteiger partial charge in [0, 0.05) is 6.54 Å². The Bertz CT molecular complexity index is 663. The Morgan fingerprint density at radius 3 is 2.14 bits per heavy atom. The van der Waals surface area contributed by atoms with Gasteiger partial charge in [0.1, 0.15) is 16.9 Å². The van der Waals surface area contributed by atoms with Crippen molar-refractivity contribution in [2.45, 2.75) is 90.9 Å². The van der Waals surface area contributed by atoms with Gasteiger partial charge >= 0.3 is 12.2 Å². The molecule has 0 radical (unpaired) electrons. The van der Waals surface area contributed by atoms with Crippen LogP contribution in [0.4, 0.5) is 9.59 Å². The number of carbonyl (C=O) groups excluding carboxylic acids is 3. The molecule has 0 aromatic carbocycles. The van der Waals surface area contributed by atoms with Crippen molar-refractivity contribution in [1.82, 2.24) is 9.80 Å². The molecule has 2 saturated heterocycles. The Hall–Kier alpha value is -1.87. The molecule has 0 spiro atoms. The van der Waals surface area contributed by atoms with Crippen LogP contribution < -0.4 is 0 Å². The van der Waals surface area contributed by atoms with Crippen LogP contribution in [0.3, 0.4) is 0 Å². The highest BCUT2D eigenvalue weighted by atomic mass is 16.6. The third-order valence-electron chi connectivity index (χ3n) is 4.78. The predicted octanol–water partition coefficient (Wildman–Crippen LogP) is 2.50. The first-order valence-corrected chi connectivity index (χ1v) is 9.92. The lowest BCUT2D eigenvalue weighted by molar-refractivity contribution is -0.134. The van der Waals surface area contributed by atoms with Gasteiger partial charge < -0.3 is 19.3 Å². The summed E-state index contributed by atoms with van der Waals surface area (Å²) in [5.41, 5.74) is -2.45. The molecule has 166 valence electrons. The second-order valence-corrected chi connectivity index (χ2v) is 10.0. The van der Waals surface area contributed by atoms with Gasteiger partial charge in [0.25, 0.3) is 0 Å². The Labute approximate surface area is 172 Å². The fourth-order valence-electron chi connectivity index (χ4n) is 3.54. The molecule has 0 aliphatic carbocycles. The third kappa shape index (κ3) is 5.39. The van der Waals surface area contributed by atoms with Crippen LogP contribution in [0.1, 0.15) is 61.8 Å². The van der Waals surface area contributed by atoms with Crippen LogP contribution in [-0.2, 0) is 19.0 Å². The lowest BCUT2D eigenvalue weighted by Gasteiger charge is -2.37. The van der Waals surface area contributed by atoms with Crippen molar-refractivity contribution >= 4 is 18.1 Å². The first-order valence-electron chi connectivity index (χ1n) is 9.92. The number of hydrogen-bond donors (Lipinski definition) is 1. The van der Waals surface area contributed by atoms with E-state index in [0.29, 0.717) is 0 Å². The molecule has 2 aliphatic rings. The summed E-state index contributed by atoms with van der Waals surface area (Å²) in [4.78, 5) is 40.2. The second-order valence-electron chi connectivity index (χ2n) is 10.0. The quantitative estimate of drug-likeness (QED) is 0.740. The molecule has 0 aromatic heterocycles. The highest BCUT2D eigenvalue weighted by Gasteiger charge is 2.53. The van der Waals surface area contributed by atoms with Crippen molar-refractivity contribution in [3.63, 3.8) is 0 Å². The molecule has 9 heteroatoms.